The van der Waals surface area contributed by atoms with Crippen molar-refractivity contribution in [2.45, 2.75) is 78.6 Å². The Morgan fingerprint density at radius 2 is 1.57 bits per heavy atom. The van der Waals surface area contributed by atoms with Crippen LogP contribution in [0.1, 0.15) is 60.3 Å². The highest BCUT2D eigenvalue weighted by molar-refractivity contribution is 5.80. The first-order valence-corrected chi connectivity index (χ1v) is 12.3. The largest absolute Gasteiger partial charge is 0.468 e. The molecule has 3 fully saturated rings. The molecule has 0 amide bonds. The third kappa shape index (κ3) is 3.54. The van der Waals surface area contributed by atoms with Gasteiger partial charge < -0.3 is 18.9 Å². The lowest BCUT2D eigenvalue weighted by atomic mass is 9.40. The predicted molar refractivity (Wildman–Crippen MR) is 125 cm³/mol. The van der Waals surface area contributed by atoms with E-state index in [1.165, 1.54) is 27.9 Å². The molecular weight excluding hydrogens is 452 g/mol. The molecule has 3 saturated carbocycles. The maximum atomic E-state index is 13.2. The van der Waals surface area contributed by atoms with Crippen molar-refractivity contribution in [3.63, 3.8) is 0 Å². The molecule has 0 unspecified atom stereocenters. The van der Waals surface area contributed by atoms with Crippen LogP contribution in [0.25, 0.3) is 0 Å². The highest BCUT2D eigenvalue weighted by Gasteiger charge is 2.74. The zero-order valence-electron chi connectivity index (χ0n) is 21.4. The number of hydrogen-bond donors (Lipinski definition) is 0. The van der Waals surface area contributed by atoms with E-state index in [1.54, 1.807) is 12.2 Å². The van der Waals surface area contributed by atoms with Gasteiger partial charge in [0.1, 0.15) is 18.3 Å². The van der Waals surface area contributed by atoms with Gasteiger partial charge in [0.2, 0.25) is 0 Å². The molecule has 0 aromatic carbocycles. The fourth-order valence-corrected chi connectivity index (χ4v) is 8.20. The van der Waals surface area contributed by atoms with Crippen LogP contribution in [0.15, 0.2) is 24.3 Å². The summed E-state index contributed by atoms with van der Waals surface area (Å²) >= 11 is 0. The molecule has 0 aliphatic heterocycles. The molecule has 2 bridgehead atoms. The van der Waals surface area contributed by atoms with Crippen molar-refractivity contribution in [3.05, 3.63) is 24.3 Å². The highest BCUT2D eigenvalue weighted by Crippen LogP contribution is 2.72. The van der Waals surface area contributed by atoms with Crippen LogP contribution in [0, 0.1) is 34.0 Å². The molecular formula is C27H36O8. The topological polar surface area (TPSA) is 105 Å². The third-order valence-electron chi connectivity index (χ3n) is 9.42. The fourth-order valence-electron chi connectivity index (χ4n) is 8.20. The van der Waals surface area contributed by atoms with Crippen LogP contribution in [0.2, 0.25) is 0 Å². The summed E-state index contributed by atoms with van der Waals surface area (Å²) in [5.74, 6) is -2.09. The Bertz CT molecular complexity index is 999. The molecule has 9 atom stereocenters. The Morgan fingerprint density at radius 1 is 0.943 bits per heavy atom. The van der Waals surface area contributed by atoms with Crippen molar-refractivity contribution in [2.75, 3.05) is 7.11 Å². The molecule has 0 radical (unpaired) electrons. The minimum absolute atomic E-state index is 0.132. The summed E-state index contributed by atoms with van der Waals surface area (Å²) in [5, 5.41) is 0. The van der Waals surface area contributed by atoms with Crippen molar-refractivity contribution >= 4 is 23.9 Å². The SMILES string of the molecule is C=C1[C@@H]2CC[C@H]3[C@]4(C)[C@H](OC(C)=O)C=C[C@@](C)(C(=O)OC)[C@H]4C[C@H](OC(C)=O)[C@]3(C2)[C@@H]1OC(C)=O. The van der Waals surface area contributed by atoms with Gasteiger partial charge in [-0.05, 0) is 62.0 Å². The minimum atomic E-state index is -1.02. The molecule has 0 aromatic rings. The average Bonchev–Trinajstić information content (AvgIpc) is 2.97. The molecule has 192 valence electrons. The molecule has 1 spiro atoms. The maximum Gasteiger partial charge on any atom is 0.315 e. The van der Waals surface area contributed by atoms with Crippen LogP contribution in [-0.2, 0) is 38.1 Å². The number of rotatable bonds is 4. The summed E-state index contributed by atoms with van der Waals surface area (Å²) in [4.78, 5) is 49.9. The van der Waals surface area contributed by atoms with Gasteiger partial charge in [0.15, 0.2) is 0 Å². The van der Waals surface area contributed by atoms with Crippen LogP contribution < -0.4 is 0 Å². The number of ether oxygens (including phenoxy) is 4. The van der Waals surface area contributed by atoms with Crippen molar-refractivity contribution in [1.82, 2.24) is 0 Å². The smallest absolute Gasteiger partial charge is 0.315 e. The highest BCUT2D eigenvalue weighted by atomic mass is 16.6. The second-order valence-electron chi connectivity index (χ2n) is 11.1. The van der Waals surface area contributed by atoms with Crippen LogP contribution in [-0.4, -0.2) is 49.3 Å². The summed E-state index contributed by atoms with van der Waals surface area (Å²) in [6, 6.07) is 0. The van der Waals surface area contributed by atoms with Crippen molar-refractivity contribution in [1.29, 1.82) is 0 Å². The molecule has 0 heterocycles. The van der Waals surface area contributed by atoms with Crippen LogP contribution in [0.4, 0.5) is 0 Å². The predicted octanol–water partition coefficient (Wildman–Crippen LogP) is 3.53. The first-order chi connectivity index (χ1) is 16.3. The lowest BCUT2D eigenvalue weighted by Gasteiger charge is -2.65. The second kappa shape index (κ2) is 8.49. The minimum Gasteiger partial charge on any atom is -0.468 e. The van der Waals surface area contributed by atoms with Gasteiger partial charge in [0.05, 0.1) is 17.9 Å². The molecule has 8 heteroatoms. The van der Waals surface area contributed by atoms with Gasteiger partial charge in [-0.15, -0.1) is 0 Å². The molecule has 0 saturated heterocycles. The zero-order chi connectivity index (χ0) is 25.9. The zero-order valence-corrected chi connectivity index (χ0v) is 21.4. The Kier molecular flexibility index (Phi) is 6.17. The molecule has 0 aromatic heterocycles. The Balaban J connectivity index is 1.95. The molecule has 4 aliphatic carbocycles. The summed E-state index contributed by atoms with van der Waals surface area (Å²) in [6.45, 7) is 12.3. The van der Waals surface area contributed by atoms with Crippen molar-refractivity contribution in [2.24, 2.45) is 34.0 Å². The lowest BCUT2D eigenvalue weighted by molar-refractivity contribution is -0.244. The number of carbonyl (C=O) groups is 4. The van der Waals surface area contributed by atoms with E-state index in [0.29, 0.717) is 12.8 Å². The molecule has 0 N–H and O–H groups in total. The molecule has 4 rings (SSSR count). The van der Waals surface area contributed by atoms with Gasteiger partial charge in [0.25, 0.3) is 0 Å². The fraction of sp³-hybridized carbons (Fsp3) is 0.704. The normalized spacial score (nSPS) is 43.4. The van der Waals surface area contributed by atoms with E-state index in [-0.39, 0.29) is 17.8 Å². The Hall–Kier alpha value is -2.64. The van der Waals surface area contributed by atoms with Gasteiger partial charge in [-0.2, -0.15) is 0 Å². The monoisotopic (exact) mass is 488 g/mol. The maximum absolute atomic E-state index is 13.2. The number of fused-ring (bicyclic) bond motifs is 3. The lowest BCUT2D eigenvalue weighted by Crippen LogP contribution is -2.68. The van der Waals surface area contributed by atoms with Gasteiger partial charge in [-0.3, -0.25) is 19.2 Å². The first-order valence-electron chi connectivity index (χ1n) is 12.3. The quantitative estimate of drug-likeness (QED) is 0.336. The number of hydrogen-bond acceptors (Lipinski definition) is 8. The van der Waals surface area contributed by atoms with Gasteiger partial charge in [-0.25, -0.2) is 0 Å². The molecule has 35 heavy (non-hydrogen) atoms. The second-order valence-corrected chi connectivity index (χ2v) is 11.1. The van der Waals surface area contributed by atoms with Gasteiger partial charge in [-0.1, -0.05) is 19.6 Å². The Morgan fingerprint density at radius 3 is 2.14 bits per heavy atom. The van der Waals surface area contributed by atoms with E-state index >= 15 is 0 Å². The van der Waals surface area contributed by atoms with Crippen LogP contribution >= 0.6 is 0 Å². The summed E-state index contributed by atoms with van der Waals surface area (Å²) in [7, 11) is 1.35. The number of methoxy groups -OCH3 is 1. The third-order valence-corrected chi connectivity index (χ3v) is 9.42. The standard InChI is InChI=1S/C27H36O8/c1-14-18-8-9-19-26(6)20(25(5,24(31)32-7)11-10-21(26)33-15(2)28)12-22(34-16(3)29)27(19,13-18)23(14)35-17(4)30/h10-11,18-23H,1,8-9,12-13H2,2-7H3/t18-,19+,20-,21-,22+,23-,25-,26+,27-/m1/s1. The van der Waals surface area contributed by atoms with Crippen LogP contribution in [0.3, 0.4) is 0 Å². The van der Waals surface area contributed by atoms with E-state index in [9.17, 15) is 19.2 Å². The summed E-state index contributed by atoms with van der Waals surface area (Å²) in [6.07, 6.45) is 4.26. The van der Waals surface area contributed by atoms with E-state index in [4.69, 9.17) is 18.9 Å². The van der Waals surface area contributed by atoms with E-state index in [2.05, 4.69) is 13.5 Å². The Labute approximate surface area is 206 Å². The summed E-state index contributed by atoms with van der Waals surface area (Å²) < 4.78 is 23.0. The molecule has 4 aliphatic rings. The van der Waals surface area contributed by atoms with E-state index in [0.717, 1.165) is 18.4 Å². The van der Waals surface area contributed by atoms with Crippen molar-refractivity contribution < 1.29 is 38.1 Å². The van der Waals surface area contributed by atoms with Gasteiger partial charge >= 0.3 is 23.9 Å². The van der Waals surface area contributed by atoms with Gasteiger partial charge in [0, 0.05) is 26.2 Å². The average molecular weight is 489 g/mol. The molecule has 8 nitrogen and oxygen atoms in total. The number of esters is 4. The first kappa shape index (κ1) is 25.5. The van der Waals surface area contributed by atoms with E-state index < -0.39 is 58.4 Å². The van der Waals surface area contributed by atoms with Crippen molar-refractivity contribution in [3.8, 4) is 0 Å². The van der Waals surface area contributed by atoms with Crippen LogP contribution in [0.5, 0.6) is 0 Å². The summed E-state index contributed by atoms with van der Waals surface area (Å²) in [5.41, 5.74) is -1.63. The number of carbonyl (C=O) groups excluding carboxylic acids is 4. The van der Waals surface area contributed by atoms with E-state index in [1.807, 2.05) is 6.92 Å².